The third-order valence-corrected chi connectivity index (χ3v) is 5.22. The van der Waals surface area contributed by atoms with Gasteiger partial charge in [0, 0.05) is 10.3 Å². The van der Waals surface area contributed by atoms with Gasteiger partial charge in [0.25, 0.3) is 0 Å². The van der Waals surface area contributed by atoms with Gasteiger partial charge in [-0.15, -0.1) is 5.54 Å². The van der Waals surface area contributed by atoms with Gasteiger partial charge in [0.05, 0.1) is 13.7 Å². The lowest BCUT2D eigenvalue weighted by Crippen LogP contribution is -2.24. The van der Waals surface area contributed by atoms with Gasteiger partial charge in [-0.05, 0) is 17.7 Å². The largest absolute Gasteiger partial charge is 0.497 e. The second-order valence-corrected chi connectivity index (χ2v) is 11.9. The average Bonchev–Trinajstić information content (AvgIpc) is 2.46. The van der Waals surface area contributed by atoms with Crippen molar-refractivity contribution in [3.8, 4) is 17.2 Å². The summed E-state index contributed by atoms with van der Waals surface area (Å²) >= 11 is 2.40. The van der Waals surface area contributed by atoms with Crippen molar-refractivity contribution in [2.45, 2.75) is 39.3 Å². The number of hydrogen-bond donors (Lipinski definition) is 0. The Morgan fingerprint density at radius 2 is 1.81 bits per heavy atom. The summed E-state index contributed by atoms with van der Waals surface area (Å²) in [6, 6.07) is 8.00. The maximum Gasteiger partial charge on any atom is 0.129 e. The van der Waals surface area contributed by atoms with Gasteiger partial charge < -0.3 is 9.47 Å². The van der Waals surface area contributed by atoms with Crippen LogP contribution in [0.4, 0.5) is 0 Å². The molecule has 0 aliphatic rings. The molecule has 0 saturated carbocycles. The summed E-state index contributed by atoms with van der Waals surface area (Å²) in [7, 11) is 0.317. The molecule has 0 saturated heterocycles. The lowest BCUT2D eigenvalue weighted by Gasteiger charge is -2.19. The number of ether oxygens (including phenoxy) is 2. The number of methoxy groups -OCH3 is 1. The zero-order chi connectivity index (χ0) is 15.9. The molecule has 116 valence electrons. The zero-order valence-corrected chi connectivity index (χ0v) is 16.7. The Kier molecular flexibility index (Phi) is 7.78. The Morgan fingerprint density at radius 3 is 2.29 bits per heavy atom. The van der Waals surface area contributed by atoms with Crippen LogP contribution in [0.5, 0.6) is 5.75 Å². The number of benzene rings is 1. The summed E-state index contributed by atoms with van der Waals surface area (Å²) in [6.07, 6.45) is 0.00993. The fraction of sp³-hybridized carbons (Fsp3) is 0.529. The highest BCUT2D eigenvalue weighted by atomic mass is 127. The van der Waals surface area contributed by atoms with E-state index in [0.29, 0.717) is 12.5 Å². The Hall–Kier alpha value is -0.513. The van der Waals surface area contributed by atoms with E-state index in [1.807, 2.05) is 24.3 Å². The molecule has 1 aromatic carbocycles. The van der Waals surface area contributed by atoms with E-state index in [9.17, 15) is 0 Å². The van der Waals surface area contributed by atoms with Gasteiger partial charge in [0.1, 0.15) is 19.9 Å². The molecular formula is C17H25IO2Si. The van der Waals surface area contributed by atoms with Crippen molar-refractivity contribution in [3.63, 3.8) is 0 Å². The summed E-state index contributed by atoms with van der Waals surface area (Å²) in [6.45, 7) is 9.57. The topological polar surface area (TPSA) is 18.5 Å². The Morgan fingerprint density at radius 1 is 1.19 bits per heavy atom. The molecule has 21 heavy (non-hydrogen) atoms. The average molecular weight is 416 g/mol. The van der Waals surface area contributed by atoms with Crippen LogP contribution in [0.25, 0.3) is 0 Å². The van der Waals surface area contributed by atoms with Crippen LogP contribution >= 0.6 is 22.6 Å². The normalized spacial score (nSPS) is 14.0. The summed E-state index contributed by atoms with van der Waals surface area (Å²) < 4.78 is 12.3. The first kappa shape index (κ1) is 18.5. The van der Waals surface area contributed by atoms with Crippen molar-refractivity contribution in [2.75, 3.05) is 11.5 Å². The SMILES string of the molecule is COc1ccc(CO[C@H](C#C[Si](C)(C)C)[C@@H](C)CI)cc1. The predicted octanol–water partition coefficient (Wildman–Crippen LogP) is 4.53. The minimum atomic E-state index is -1.36. The summed E-state index contributed by atoms with van der Waals surface area (Å²) in [5.74, 6) is 4.67. The summed E-state index contributed by atoms with van der Waals surface area (Å²) in [4.78, 5) is 0. The van der Waals surface area contributed by atoms with Gasteiger partial charge in [0.2, 0.25) is 0 Å². The minimum Gasteiger partial charge on any atom is -0.497 e. The van der Waals surface area contributed by atoms with Crippen molar-refractivity contribution in [1.82, 2.24) is 0 Å². The van der Waals surface area contributed by atoms with Gasteiger partial charge in [0.15, 0.2) is 0 Å². The van der Waals surface area contributed by atoms with Crippen molar-refractivity contribution in [1.29, 1.82) is 0 Å². The van der Waals surface area contributed by atoms with Crippen molar-refractivity contribution < 1.29 is 9.47 Å². The van der Waals surface area contributed by atoms with E-state index >= 15 is 0 Å². The van der Waals surface area contributed by atoms with E-state index in [-0.39, 0.29) is 6.10 Å². The van der Waals surface area contributed by atoms with Crippen LogP contribution in [0.3, 0.4) is 0 Å². The predicted molar refractivity (Wildman–Crippen MR) is 101 cm³/mol. The Labute approximate surface area is 143 Å². The first-order chi connectivity index (χ1) is 9.85. The van der Waals surface area contributed by atoms with Crippen LogP contribution in [-0.4, -0.2) is 25.7 Å². The lowest BCUT2D eigenvalue weighted by atomic mass is 10.1. The van der Waals surface area contributed by atoms with Gasteiger partial charge in [-0.25, -0.2) is 0 Å². The van der Waals surface area contributed by atoms with Crippen LogP contribution in [-0.2, 0) is 11.3 Å². The highest BCUT2D eigenvalue weighted by Crippen LogP contribution is 2.16. The molecule has 1 aromatic rings. The Bertz CT molecular complexity index is 482. The van der Waals surface area contributed by atoms with Crippen LogP contribution in [0, 0.1) is 17.4 Å². The number of hydrogen-bond acceptors (Lipinski definition) is 2. The molecule has 0 fully saturated rings. The van der Waals surface area contributed by atoms with E-state index in [1.54, 1.807) is 7.11 Å². The first-order valence-electron chi connectivity index (χ1n) is 7.19. The smallest absolute Gasteiger partial charge is 0.129 e. The molecule has 2 nitrogen and oxygen atoms in total. The van der Waals surface area contributed by atoms with Crippen LogP contribution < -0.4 is 4.74 Å². The fourth-order valence-corrected chi connectivity index (χ4v) is 2.66. The van der Waals surface area contributed by atoms with Gasteiger partial charge in [-0.1, -0.05) is 67.2 Å². The molecule has 0 spiro atoms. The van der Waals surface area contributed by atoms with Crippen LogP contribution in [0.1, 0.15) is 12.5 Å². The van der Waals surface area contributed by atoms with E-state index < -0.39 is 8.07 Å². The minimum absolute atomic E-state index is 0.00993. The maximum atomic E-state index is 6.05. The van der Waals surface area contributed by atoms with Gasteiger partial charge in [-0.3, -0.25) is 0 Å². The fourth-order valence-electron chi connectivity index (χ4n) is 1.62. The van der Waals surface area contributed by atoms with Crippen molar-refractivity contribution in [2.24, 2.45) is 5.92 Å². The second kappa shape index (κ2) is 8.81. The third kappa shape index (κ3) is 7.34. The molecule has 2 atom stereocenters. The van der Waals surface area contributed by atoms with E-state index in [0.717, 1.165) is 15.7 Å². The van der Waals surface area contributed by atoms with Crippen LogP contribution in [0.15, 0.2) is 24.3 Å². The number of halogens is 1. The first-order valence-corrected chi connectivity index (χ1v) is 12.2. The van der Waals surface area contributed by atoms with Gasteiger partial charge in [-0.2, -0.15) is 0 Å². The number of alkyl halides is 1. The number of rotatable bonds is 6. The highest BCUT2D eigenvalue weighted by molar-refractivity contribution is 14.1. The third-order valence-electron chi connectivity index (χ3n) is 2.94. The molecule has 1 rings (SSSR count). The van der Waals surface area contributed by atoms with E-state index in [4.69, 9.17) is 9.47 Å². The molecule has 0 radical (unpaired) electrons. The molecule has 4 heteroatoms. The Balaban J connectivity index is 2.69. The van der Waals surface area contributed by atoms with Crippen molar-refractivity contribution >= 4 is 30.7 Å². The molecule has 0 amide bonds. The van der Waals surface area contributed by atoms with Crippen LogP contribution in [0.2, 0.25) is 19.6 Å². The molecular weight excluding hydrogens is 391 g/mol. The second-order valence-electron chi connectivity index (χ2n) is 6.23. The highest BCUT2D eigenvalue weighted by Gasteiger charge is 2.16. The maximum absolute atomic E-state index is 6.05. The summed E-state index contributed by atoms with van der Waals surface area (Å²) in [5, 5.41) is 0. The monoisotopic (exact) mass is 416 g/mol. The molecule has 0 N–H and O–H groups in total. The van der Waals surface area contributed by atoms with E-state index in [2.05, 4.69) is 60.6 Å². The quantitative estimate of drug-likeness (QED) is 0.294. The van der Waals surface area contributed by atoms with E-state index in [1.165, 1.54) is 0 Å². The molecule has 0 aromatic heterocycles. The molecule has 0 bridgehead atoms. The molecule has 0 aliphatic carbocycles. The van der Waals surface area contributed by atoms with Crippen molar-refractivity contribution in [3.05, 3.63) is 29.8 Å². The lowest BCUT2D eigenvalue weighted by molar-refractivity contribution is 0.0513. The summed E-state index contributed by atoms with van der Waals surface area (Å²) in [5.41, 5.74) is 4.58. The molecule has 0 heterocycles. The zero-order valence-electron chi connectivity index (χ0n) is 13.6. The standard InChI is InChI=1S/C17H25IO2Si/c1-14(12-18)17(10-11-21(3,4)5)20-13-15-6-8-16(19-2)9-7-15/h6-9,14,17H,12-13H2,1-5H3/t14-,17+/m0/s1. The molecule has 0 aliphatic heterocycles. The molecule has 0 unspecified atom stereocenters. The van der Waals surface area contributed by atoms with Gasteiger partial charge >= 0.3 is 0 Å².